The number of hydrogen-bond acceptors (Lipinski definition) is 4. The molecule has 1 aliphatic heterocycles. The molecular formula is C17H21FN4. The van der Waals surface area contributed by atoms with Crippen molar-refractivity contribution in [3.05, 3.63) is 47.5 Å². The van der Waals surface area contributed by atoms with Crippen LogP contribution in [-0.4, -0.2) is 28.0 Å². The molecule has 116 valence electrons. The molecule has 0 unspecified atom stereocenters. The molecule has 0 atom stereocenters. The minimum atomic E-state index is -0.248. The van der Waals surface area contributed by atoms with Gasteiger partial charge in [0.2, 0.25) is 5.95 Å². The van der Waals surface area contributed by atoms with Crippen molar-refractivity contribution >= 4 is 11.6 Å². The minimum Gasteiger partial charge on any atom is -0.324 e. The molecule has 0 saturated heterocycles. The molecule has 2 heterocycles. The predicted molar refractivity (Wildman–Crippen MR) is 85.5 cm³/mol. The van der Waals surface area contributed by atoms with Crippen LogP contribution in [0.3, 0.4) is 0 Å². The Morgan fingerprint density at radius 1 is 1.27 bits per heavy atom. The number of fused-ring (bicyclic) bond motifs is 1. The first-order valence-electron chi connectivity index (χ1n) is 7.70. The molecule has 3 rings (SSSR count). The van der Waals surface area contributed by atoms with Gasteiger partial charge in [0.25, 0.3) is 0 Å². The van der Waals surface area contributed by atoms with E-state index in [1.54, 1.807) is 12.1 Å². The van der Waals surface area contributed by atoms with E-state index in [0.29, 0.717) is 11.9 Å². The predicted octanol–water partition coefficient (Wildman–Crippen LogP) is 3.37. The Kier molecular flexibility index (Phi) is 4.34. The maximum atomic E-state index is 12.9. The number of aromatic nitrogens is 2. The van der Waals surface area contributed by atoms with Crippen LogP contribution in [0.1, 0.15) is 25.1 Å². The van der Waals surface area contributed by atoms with Gasteiger partial charge in [-0.25, -0.2) is 14.4 Å². The van der Waals surface area contributed by atoms with E-state index in [4.69, 9.17) is 0 Å². The summed E-state index contributed by atoms with van der Waals surface area (Å²) < 4.78 is 12.9. The number of nitrogens with zero attached hydrogens (tertiary/aromatic N) is 3. The Labute approximate surface area is 130 Å². The molecule has 0 saturated carbocycles. The lowest BCUT2D eigenvalue weighted by Crippen LogP contribution is -2.34. The normalized spacial score (nSPS) is 14.9. The molecule has 0 radical (unpaired) electrons. The average molecular weight is 300 g/mol. The summed E-state index contributed by atoms with van der Waals surface area (Å²) in [5, 5.41) is 3.12. The van der Waals surface area contributed by atoms with Gasteiger partial charge in [0.05, 0.1) is 5.69 Å². The standard InChI is InChI=1S/C17H21FN4/c1-12(2)10-22-8-7-16-13(11-22)9-19-17(21-16)20-15-5-3-14(18)4-6-15/h3-6,9,12H,7-8,10-11H2,1-2H3,(H,19,20,21). The molecule has 1 aromatic heterocycles. The van der Waals surface area contributed by atoms with Gasteiger partial charge in [0.15, 0.2) is 0 Å². The molecule has 4 nitrogen and oxygen atoms in total. The van der Waals surface area contributed by atoms with Gasteiger partial charge in [-0.2, -0.15) is 0 Å². The summed E-state index contributed by atoms with van der Waals surface area (Å²) in [5.74, 6) is 0.992. The first-order chi connectivity index (χ1) is 10.6. The first-order valence-corrected chi connectivity index (χ1v) is 7.70. The van der Waals surface area contributed by atoms with Crippen molar-refractivity contribution in [3.63, 3.8) is 0 Å². The molecular weight excluding hydrogens is 279 g/mol. The number of hydrogen-bond donors (Lipinski definition) is 1. The van der Waals surface area contributed by atoms with Crippen molar-refractivity contribution in [3.8, 4) is 0 Å². The number of benzene rings is 1. The zero-order valence-corrected chi connectivity index (χ0v) is 13.0. The van der Waals surface area contributed by atoms with Crippen LogP contribution in [0.5, 0.6) is 0 Å². The second kappa shape index (κ2) is 6.40. The zero-order valence-electron chi connectivity index (χ0n) is 13.0. The van der Waals surface area contributed by atoms with Gasteiger partial charge in [-0.15, -0.1) is 0 Å². The zero-order chi connectivity index (χ0) is 15.5. The molecule has 2 aromatic rings. The third kappa shape index (κ3) is 3.60. The van der Waals surface area contributed by atoms with E-state index in [0.717, 1.165) is 37.4 Å². The van der Waals surface area contributed by atoms with Crippen LogP contribution < -0.4 is 5.32 Å². The molecule has 5 heteroatoms. The van der Waals surface area contributed by atoms with Gasteiger partial charge in [-0.05, 0) is 30.2 Å². The van der Waals surface area contributed by atoms with Gasteiger partial charge in [0, 0.05) is 43.5 Å². The number of halogens is 1. The third-order valence-electron chi connectivity index (χ3n) is 3.74. The van der Waals surface area contributed by atoms with Crippen molar-refractivity contribution in [2.24, 2.45) is 5.92 Å². The summed E-state index contributed by atoms with van der Waals surface area (Å²) in [6.07, 6.45) is 2.85. The summed E-state index contributed by atoms with van der Waals surface area (Å²) in [5.41, 5.74) is 3.11. The lowest BCUT2D eigenvalue weighted by atomic mass is 10.1. The van der Waals surface area contributed by atoms with Gasteiger partial charge in [0.1, 0.15) is 5.82 Å². The van der Waals surface area contributed by atoms with Crippen molar-refractivity contribution < 1.29 is 4.39 Å². The third-order valence-corrected chi connectivity index (χ3v) is 3.74. The minimum absolute atomic E-state index is 0.248. The summed E-state index contributed by atoms with van der Waals surface area (Å²) in [6, 6.07) is 6.21. The van der Waals surface area contributed by atoms with E-state index in [9.17, 15) is 4.39 Å². The summed E-state index contributed by atoms with van der Waals surface area (Å²) in [4.78, 5) is 11.4. The van der Waals surface area contributed by atoms with Crippen LogP contribution >= 0.6 is 0 Å². The van der Waals surface area contributed by atoms with Gasteiger partial charge in [-0.3, -0.25) is 4.90 Å². The largest absolute Gasteiger partial charge is 0.324 e. The van der Waals surface area contributed by atoms with Crippen LogP contribution in [0.25, 0.3) is 0 Å². The van der Waals surface area contributed by atoms with E-state index >= 15 is 0 Å². The van der Waals surface area contributed by atoms with Gasteiger partial charge in [-0.1, -0.05) is 13.8 Å². The smallest absolute Gasteiger partial charge is 0.227 e. The molecule has 0 fully saturated rings. The molecule has 0 aliphatic carbocycles. The molecule has 1 N–H and O–H groups in total. The number of anilines is 2. The highest BCUT2D eigenvalue weighted by Crippen LogP contribution is 2.20. The maximum absolute atomic E-state index is 12.9. The van der Waals surface area contributed by atoms with Crippen molar-refractivity contribution in [2.75, 3.05) is 18.4 Å². The van der Waals surface area contributed by atoms with E-state index in [1.165, 1.54) is 17.7 Å². The lowest BCUT2D eigenvalue weighted by molar-refractivity contribution is 0.224. The molecule has 1 aliphatic rings. The van der Waals surface area contributed by atoms with Crippen molar-refractivity contribution in [1.29, 1.82) is 0 Å². The molecule has 0 bridgehead atoms. The van der Waals surface area contributed by atoms with Crippen molar-refractivity contribution in [2.45, 2.75) is 26.8 Å². The second-order valence-corrected chi connectivity index (χ2v) is 6.18. The first kappa shape index (κ1) is 14.9. The van der Waals surface area contributed by atoms with E-state index < -0.39 is 0 Å². The fourth-order valence-corrected chi connectivity index (χ4v) is 2.77. The highest BCUT2D eigenvalue weighted by Gasteiger charge is 2.18. The molecule has 1 aromatic carbocycles. The van der Waals surface area contributed by atoms with Crippen LogP contribution in [0.15, 0.2) is 30.5 Å². The van der Waals surface area contributed by atoms with Gasteiger partial charge >= 0.3 is 0 Å². The summed E-state index contributed by atoms with van der Waals surface area (Å²) >= 11 is 0. The highest BCUT2D eigenvalue weighted by molar-refractivity contribution is 5.53. The average Bonchev–Trinajstić information content (AvgIpc) is 2.49. The van der Waals surface area contributed by atoms with Crippen LogP contribution in [0.2, 0.25) is 0 Å². The molecule has 0 spiro atoms. The Balaban J connectivity index is 1.71. The molecule has 22 heavy (non-hydrogen) atoms. The molecule has 0 amide bonds. The Morgan fingerprint density at radius 3 is 2.77 bits per heavy atom. The van der Waals surface area contributed by atoms with Crippen molar-refractivity contribution in [1.82, 2.24) is 14.9 Å². The maximum Gasteiger partial charge on any atom is 0.227 e. The van der Waals surface area contributed by atoms with Crippen LogP contribution in [-0.2, 0) is 13.0 Å². The summed E-state index contributed by atoms with van der Waals surface area (Å²) in [7, 11) is 0. The Morgan fingerprint density at radius 2 is 2.05 bits per heavy atom. The fourth-order valence-electron chi connectivity index (χ4n) is 2.77. The van der Waals surface area contributed by atoms with Crippen LogP contribution in [0.4, 0.5) is 16.0 Å². The van der Waals surface area contributed by atoms with E-state index in [1.807, 2.05) is 6.20 Å². The fraction of sp³-hybridized carbons (Fsp3) is 0.412. The number of nitrogens with one attached hydrogen (secondary N) is 1. The Bertz CT molecular complexity index is 640. The van der Waals surface area contributed by atoms with Gasteiger partial charge < -0.3 is 5.32 Å². The quantitative estimate of drug-likeness (QED) is 0.940. The lowest BCUT2D eigenvalue weighted by Gasteiger charge is -2.29. The van der Waals surface area contributed by atoms with Crippen LogP contribution in [0, 0.1) is 11.7 Å². The van der Waals surface area contributed by atoms with E-state index in [2.05, 4.69) is 34.0 Å². The van der Waals surface area contributed by atoms with E-state index in [-0.39, 0.29) is 5.82 Å². The second-order valence-electron chi connectivity index (χ2n) is 6.18. The SMILES string of the molecule is CC(C)CN1CCc2nc(Nc3ccc(F)cc3)ncc2C1. The Hall–Kier alpha value is -2.01. The summed E-state index contributed by atoms with van der Waals surface area (Å²) in [6.45, 7) is 7.54. The topological polar surface area (TPSA) is 41.1 Å². The highest BCUT2D eigenvalue weighted by atomic mass is 19.1. The monoisotopic (exact) mass is 300 g/mol. The number of rotatable bonds is 4.